The summed E-state index contributed by atoms with van der Waals surface area (Å²) in [5, 5.41) is 114. The monoisotopic (exact) mass is 726 g/mol. The van der Waals surface area contributed by atoms with E-state index in [0.29, 0.717) is 0 Å². The van der Waals surface area contributed by atoms with Crippen LogP contribution in [0.4, 0.5) is 0 Å². The summed E-state index contributed by atoms with van der Waals surface area (Å²) in [6, 6.07) is 7.15. The number of hydrogen-bond donors (Lipinski definition) is 11. The third-order valence-corrected chi connectivity index (χ3v) is 9.03. The maximum atomic E-state index is 14.0. The molecule has 3 saturated heterocycles. The minimum Gasteiger partial charge on any atom is -0.508 e. The number of hydrogen-bond acceptors (Lipinski definition) is 19. The molecule has 11 N–H and O–H groups in total. The normalized spacial score (nSPS) is 37.1. The van der Waals surface area contributed by atoms with E-state index in [1.54, 1.807) is 0 Å². The standard InChI is InChI=1S/C32H38O19/c1-11-19(37)22(40)24(42)29(47-11)45-8-17-20(38)23(41)27(51-31-28(43)32(44,9-33)10-46-31)30(49-17)50-26-21(39)18-15(36)6-14(35)7-16(18)48-25(26)12-2-4-13(34)5-3-12/h2-7,11,17,19-20,22-24,27-31,33-38,40-44H,8-10H2,1H3/t11-,17+,19-,20+,22+,23-,24+,27+,28-,29-,30-,31+,32+/m0/s1. The number of benzene rings is 2. The topological polar surface area (TPSA) is 308 Å². The Morgan fingerprint density at radius 1 is 0.843 bits per heavy atom. The predicted molar refractivity (Wildman–Crippen MR) is 165 cm³/mol. The molecule has 13 atom stereocenters. The lowest BCUT2D eigenvalue weighted by Gasteiger charge is -2.44. The van der Waals surface area contributed by atoms with Crippen molar-refractivity contribution in [2.45, 2.75) is 86.3 Å². The summed E-state index contributed by atoms with van der Waals surface area (Å²) in [6.45, 7) is -0.787. The Morgan fingerprint density at radius 2 is 1.55 bits per heavy atom. The maximum absolute atomic E-state index is 14.0. The molecule has 3 aliphatic rings. The molecule has 280 valence electrons. The quantitative estimate of drug-likeness (QED) is 0.105. The van der Waals surface area contributed by atoms with E-state index in [-0.39, 0.29) is 22.7 Å². The summed E-state index contributed by atoms with van der Waals surface area (Å²) >= 11 is 0. The van der Waals surface area contributed by atoms with Crippen molar-refractivity contribution in [3.05, 3.63) is 46.6 Å². The van der Waals surface area contributed by atoms with E-state index in [9.17, 15) is 61.0 Å². The summed E-state index contributed by atoms with van der Waals surface area (Å²) < 4.78 is 39.9. The van der Waals surface area contributed by atoms with Crippen LogP contribution in [0.1, 0.15) is 6.92 Å². The highest BCUT2D eigenvalue weighted by molar-refractivity contribution is 5.88. The van der Waals surface area contributed by atoms with Crippen molar-refractivity contribution in [3.8, 4) is 34.3 Å². The van der Waals surface area contributed by atoms with Crippen LogP contribution in [0, 0.1) is 0 Å². The van der Waals surface area contributed by atoms with E-state index in [4.69, 9.17) is 32.8 Å². The first kappa shape index (κ1) is 37.1. The van der Waals surface area contributed by atoms with Crippen molar-refractivity contribution in [1.29, 1.82) is 0 Å². The van der Waals surface area contributed by atoms with Crippen LogP contribution in [0.15, 0.2) is 45.6 Å². The zero-order valence-corrected chi connectivity index (χ0v) is 26.7. The molecule has 2 aromatic carbocycles. The van der Waals surface area contributed by atoms with E-state index in [1.165, 1.54) is 31.2 Å². The third-order valence-electron chi connectivity index (χ3n) is 9.03. The van der Waals surface area contributed by atoms with E-state index < -0.39 is 127 Å². The van der Waals surface area contributed by atoms with Crippen molar-refractivity contribution in [3.63, 3.8) is 0 Å². The summed E-state index contributed by atoms with van der Waals surface area (Å²) in [5.41, 5.74) is -3.31. The smallest absolute Gasteiger partial charge is 0.239 e. The molecular weight excluding hydrogens is 688 g/mol. The fourth-order valence-electron chi connectivity index (χ4n) is 5.98. The second kappa shape index (κ2) is 14.4. The molecule has 19 heteroatoms. The number of aromatic hydroxyl groups is 3. The molecule has 4 heterocycles. The van der Waals surface area contributed by atoms with Gasteiger partial charge < -0.3 is 89.0 Å². The molecule has 3 aliphatic heterocycles. The highest BCUT2D eigenvalue weighted by atomic mass is 16.8. The highest BCUT2D eigenvalue weighted by Crippen LogP contribution is 2.39. The van der Waals surface area contributed by atoms with E-state index in [2.05, 4.69) is 0 Å². The Kier molecular flexibility index (Phi) is 10.5. The van der Waals surface area contributed by atoms with Crippen LogP contribution in [0.25, 0.3) is 22.3 Å². The van der Waals surface area contributed by atoms with Gasteiger partial charge in [0.25, 0.3) is 0 Å². The van der Waals surface area contributed by atoms with Crippen molar-refractivity contribution >= 4 is 11.0 Å². The van der Waals surface area contributed by atoms with Crippen LogP contribution >= 0.6 is 0 Å². The lowest BCUT2D eigenvalue weighted by molar-refractivity contribution is -0.335. The van der Waals surface area contributed by atoms with Gasteiger partial charge >= 0.3 is 0 Å². The van der Waals surface area contributed by atoms with Gasteiger partial charge in [-0.05, 0) is 31.2 Å². The molecule has 0 aliphatic carbocycles. The lowest BCUT2D eigenvalue weighted by Crippen LogP contribution is -2.63. The molecule has 1 aromatic heterocycles. The summed E-state index contributed by atoms with van der Waals surface area (Å²) in [4.78, 5) is 14.0. The van der Waals surface area contributed by atoms with E-state index >= 15 is 0 Å². The van der Waals surface area contributed by atoms with Gasteiger partial charge in [0.2, 0.25) is 17.5 Å². The third kappa shape index (κ3) is 6.97. The Morgan fingerprint density at radius 3 is 2.22 bits per heavy atom. The van der Waals surface area contributed by atoms with Crippen LogP contribution in [0.3, 0.4) is 0 Å². The Bertz CT molecular complexity index is 1750. The van der Waals surface area contributed by atoms with Gasteiger partial charge in [-0.3, -0.25) is 4.79 Å². The van der Waals surface area contributed by atoms with Gasteiger partial charge in [-0.2, -0.15) is 0 Å². The number of aliphatic hydroxyl groups is 8. The molecule has 0 unspecified atom stereocenters. The van der Waals surface area contributed by atoms with Crippen molar-refractivity contribution in [2.24, 2.45) is 0 Å². The van der Waals surface area contributed by atoms with Crippen molar-refractivity contribution in [1.82, 2.24) is 0 Å². The van der Waals surface area contributed by atoms with E-state index in [0.717, 1.165) is 12.1 Å². The molecule has 51 heavy (non-hydrogen) atoms. The molecule has 3 aromatic rings. The molecule has 0 saturated carbocycles. The SMILES string of the molecule is C[C@@H]1O[C@H](OC[C@H]2O[C@@H](Oc3c(-c4ccc(O)cc4)oc4cc(O)cc(O)c4c3=O)[C@H](O[C@H]3OC[C@](O)(CO)[C@H]3O)[C@@H](O)[C@@H]2O)[C@H](O)[C@H](O)[C@H]1O. The second-order valence-electron chi connectivity index (χ2n) is 12.6. The second-order valence-corrected chi connectivity index (χ2v) is 12.6. The highest BCUT2D eigenvalue weighted by Gasteiger charge is 2.54. The molecular formula is C32H38O19. The molecule has 0 bridgehead atoms. The Labute approximate surface area is 287 Å². The minimum atomic E-state index is -2.17. The summed E-state index contributed by atoms with van der Waals surface area (Å²) in [6.07, 6.45) is -20.2. The fourth-order valence-corrected chi connectivity index (χ4v) is 5.98. The molecule has 0 spiro atoms. The average Bonchev–Trinajstić information content (AvgIpc) is 3.38. The molecule has 0 amide bonds. The van der Waals surface area contributed by atoms with Gasteiger partial charge in [-0.1, -0.05) is 0 Å². The predicted octanol–water partition coefficient (Wildman–Crippen LogP) is -2.93. The van der Waals surface area contributed by atoms with Gasteiger partial charge in [-0.25, -0.2) is 0 Å². The zero-order chi connectivity index (χ0) is 36.9. The first-order valence-electron chi connectivity index (χ1n) is 15.7. The van der Waals surface area contributed by atoms with Gasteiger partial charge in [0, 0.05) is 17.7 Å². The fraction of sp³-hybridized carbons (Fsp3) is 0.531. The molecule has 0 radical (unpaired) electrons. The molecule has 6 rings (SSSR count). The number of rotatable bonds is 9. The largest absolute Gasteiger partial charge is 0.508 e. The zero-order valence-electron chi connectivity index (χ0n) is 26.7. The van der Waals surface area contributed by atoms with Gasteiger partial charge in [0.05, 0.1) is 25.9 Å². The number of ether oxygens (including phenoxy) is 6. The van der Waals surface area contributed by atoms with Crippen molar-refractivity contribution < 1.29 is 89.0 Å². The number of phenolic OH excluding ortho intramolecular Hbond substituents is 3. The maximum Gasteiger partial charge on any atom is 0.239 e. The Hall–Kier alpha value is -3.67. The number of phenols is 3. The first-order chi connectivity index (χ1) is 24.1. The number of fused-ring (bicyclic) bond motifs is 1. The summed E-state index contributed by atoms with van der Waals surface area (Å²) in [5.74, 6) is -2.27. The van der Waals surface area contributed by atoms with E-state index in [1.807, 2.05) is 0 Å². The summed E-state index contributed by atoms with van der Waals surface area (Å²) in [7, 11) is 0. The molecule has 3 fully saturated rings. The van der Waals surface area contributed by atoms with Crippen molar-refractivity contribution in [2.75, 3.05) is 19.8 Å². The minimum absolute atomic E-state index is 0.138. The average molecular weight is 727 g/mol. The molecule has 19 nitrogen and oxygen atoms in total. The van der Waals surface area contributed by atoms with Gasteiger partial charge in [0.15, 0.2) is 24.4 Å². The van der Waals surface area contributed by atoms with Crippen LogP contribution in [0.5, 0.6) is 23.0 Å². The number of aliphatic hydroxyl groups excluding tert-OH is 7. The lowest BCUT2D eigenvalue weighted by atomic mass is 9.97. The van der Waals surface area contributed by atoms with Gasteiger partial charge in [-0.15, -0.1) is 0 Å². The van der Waals surface area contributed by atoms with Crippen LogP contribution < -0.4 is 10.2 Å². The van der Waals surface area contributed by atoms with Gasteiger partial charge in [0.1, 0.15) is 76.5 Å². The van der Waals surface area contributed by atoms with Crippen LogP contribution in [-0.2, 0) is 23.7 Å². The van der Waals surface area contributed by atoms with Crippen LogP contribution in [-0.4, -0.2) is 155 Å². The Balaban J connectivity index is 1.38. The van der Waals surface area contributed by atoms with Crippen LogP contribution in [0.2, 0.25) is 0 Å². The first-order valence-corrected chi connectivity index (χ1v) is 15.7.